The molecule has 0 aromatic carbocycles. The van der Waals surface area contributed by atoms with Crippen LogP contribution in [0.2, 0.25) is 0 Å². The first-order valence-corrected chi connectivity index (χ1v) is 10.5. The van der Waals surface area contributed by atoms with Crippen LogP contribution in [0, 0.1) is 0 Å². The summed E-state index contributed by atoms with van der Waals surface area (Å²) in [6.45, 7) is 1.24. The lowest BCUT2D eigenvalue weighted by molar-refractivity contribution is 0.0599. The van der Waals surface area contributed by atoms with Crippen molar-refractivity contribution in [3.05, 3.63) is 108 Å². The van der Waals surface area contributed by atoms with E-state index in [4.69, 9.17) is 5.11 Å². The number of anilines is 2. The maximum Gasteiger partial charge on any atom is 0.339 e. The Morgan fingerprint density at radius 1 is 0.778 bits per heavy atom. The Morgan fingerprint density at radius 3 is 1.64 bits per heavy atom. The normalized spacial score (nSPS) is 9.58. The van der Waals surface area contributed by atoms with Gasteiger partial charge in [0.1, 0.15) is 11.6 Å². The molecule has 11 heteroatoms. The zero-order chi connectivity index (χ0) is 24.9. The number of halogens is 1. The standard InChI is InChI=1S/C13H13N3O2.C12H11N3O2.ClH/c1-18-13(17)11-4-5-12(16-9-11)15-8-10-3-2-6-14-7-10;16-12(17)10-3-4-11(15-8-10)14-7-9-2-1-5-13-6-9;/h2-7,9H,8H2,1H3,(H,15,16);1-6,8H,7H2,(H,14,15)(H,16,17);1H. The first-order chi connectivity index (χ1) is 17.0. The van der Waals surface area contributed by atoms with Gasteiger partial charge < -0.3 is 20.5 Å². The van der Waals surface area contributed by atoms with E-state index >= 15 is 0 Å². The molecule has 0 saturated heterocycles. The number of hydrogen-bond donors (Lipinski definition) is 3. The predicted molar refractivity (Wildman–Crippen MR) is 137 cm³/mol. The minimum atomic E-state index is -0.976. The number of nitrogens with zero attached hydrogens (tertiary/aromatic N) is 4. The smallest absolute Gasteiger partial charge is 0.339 e. The molecule has 0 spiro atoms. The zero-order valence-electron chi connectivity index (χ0n) is 19.4. The van der Waals surface area contributed by atoms with Crippen molar-refractivity contribution in [2.45, 2.75) is 13.1 Å². The number of carboxylic acid groups (broad SMARTS) is 1. The third kappa shape index (κ3) is 8.99. The second-order valence-electron chi connectivity index (χ2n) is 7.09. The van der Waals surface area contributed by atoms with Gasteiger partial charge in [0, 0.05) is 50.3 Å². The van der Waals surface area contributed by atoms with E-state index in [2.05, 4.69) is 35.3 Å². The van der Waals surface area contributed by atoms with Crippen molar-refractivity contribution in [2.75, 3.05) is 17.7 Å². The van der Waals surface area contributed by atoms with E-state index in [1.54, 1.807) is 43.0 Å². The average Bonchev–Trinajstić information content (AvgIpc) is 2.92. The molecule has 3 N–H and O–H groups in total. The van der Waals surface area contributed by atoms with Gasteiger partial charge in [-0.15, -0.1) is 12.4 Å². The molecule has 0 aliphatic carbocycles. The van der Waals surface area contributed by atoms with Crippen LogP contribution < -0.4 is 10.6 Å². The van der Waals surface area contributed by atoms with E-state index in [-0.39, 0.29) is 23.9 Å². The fraction of sp³-hybridized carbons (Fsp3) is 0.120. The molecule has 4 rings (SSSR count). The molecule has 4 heterocycles. The molecule has 0 aliphatic rings. The Labute approximate surface area is 214 Å². The number of carbonyl (C=O) groups excluding carboxylic acids is 1. The summed E-state index contributed by atoms with van der Waals surface area (Å²) >= 11 is 0. The van der Waals surface area contributed by atoms with Crippen LogP contribution in [-0.4, -0.2) is 44.1 Å². The summed E-state index contributed by atoms with van der Waals surface area (Å²) in [5.74, 6) is -0.0250. The van der Waals surface area contributed by atoms with Gasteiger partial charge in [0.05, 0.1) is 18.2 Å². The highest BCUT2D eigenvalue weighted by Crippen LogP contribution is 2.08. The topological polar surface area (TPSA) is 139 Å². The fourth-order valence-corrected chi connectivity index (χ4v) is 2.75. The molecular formula is C25H25ClN6O4. The predicted octanol–water partition coefficient (Wildman–Crippen LogP) is 4.08. The molecular weight excluding hydrogens is 484 g/mol. The Morgan fingerprint density at radius 2 is 1.28 bits per heavy atom. The van der Waals surface area contributed by atoms with Gasteiger partial charge in [0.2, 0.25) is 0 Å². The van der Waals surface area contributed by atoms with Crippen molar-refractivity contribution in [1.29, 1.82) is 0 Å². The van der Waals surface area contributed by atoms with E-state index in [0.29, 0.717) is 30.3 Å². The van der Waals surface area contributed by atoms with Crippen molar-refractivity contribution in [2.24, 2.45) is 0 Å². The highest BCUT2D eigenvalue weighted by atomic mass is 35.5. The summed E-state index contributed by atoms with van der Waals surface area (Å²) in [5.41, 5.74) is 2.72. The highest BCUT2D eigenvalue weighted by Gasteiger charge is 2.05. The number of hydrogen-bond acceptors (Lipinski definition) is 9. The van der Waals surface area contributed by atoms with E-state index in [0.717, 1.165) is 11.1 Å². The van der Waals surface area contributed by atoms with Crippen LogP contribution in [0.4, 0.5) is 11.6 Å². The quantitative estimate of drug-likeness (QED) is 0.298. The van der Waals surface area contributed by atoms with E-state index < -0.39 is 5.97 Å². The second kappa shape index (κ2) is 14.6. The third-order valence-electron chi connectivity index (χ3n) is 4.59. The number of methoxy groups -OCH3 is 1. The summed E-state index contributed by atoms with van der Waals surface area (Å²) in [7, 11) is 1.34. The van der Waals surface area contributed by atoms with Gasteiger partial charge >= 0.3 is 11.9 Å². The van der Waals surface area contributed by atoms with Gasteiger partial charge in [-0.05, 0) is 47.5 Å². The number of rotatable bonds is 8. The largest absolute Gasteiger partial charge is 0.478 e. The Balaban J connectivity index is 0.000000247. The Hall–Kier alpha value is -4.57. The molecule has 0 atom stereocenters. The van der Waals surface area contributed by atoms with Crippen LogP contribution in [0.5, 0.6) is 0 Å². The van der Waals surface area contributed by atoms with Crippen LogP contribution in [0.1, 0.15) is 31.8 Å². The van der Waals surface area contributed by atoms with Crippen molar-refractivity contribution >= 4 is 36.0 Å². The van der Waals surface area contributed by atoms with Gasteiger partial charge in [-0.2, -0.15) is 0 Å². The minimum Gasteiger partial charge on any atom is -0.478 e. The van der Waals surface area contributed by atoms with Gasteiger partial charge in [0.15, 0.2) is 0 Å². The SMILES string of the molecule is COC(=O)c1ccc(NCc2cccnc2)nc1.Cl.O=C(O)c1ccc(NCc2cccnc2)nc1. The number of aromatic carboxylic acids is 1. The van der Waals surface area contributed by atoms with Gasteiger partial charge in [-0.3, -0.25) is 9.97 Å². The number of nitrogens with one attached hydrogen (secondary N) is 2. The Bertz CT molecular complexity index is 1210. The molecule has 36 heavy (non-hydrogen) atoms. The summed E-state index contributed by atoms with van der Waals surface area (Å²) in [5, 5.41) is 14.9. The molecule has 186 valence electrons. The van der Waals surface area contributed by atoms with E-state index in [9.17, 15) is 9.59 Å². The van der Waals surface area contributed by atoms with Crippen molar-refractivity contribution in [1.82, 2.24) is 19.9 Å². The van der Waals surface area contributed by atoms with Crippen LogP contribution in [-0.2, 0) is 17.8 Å². The van der Waals surface area contributed by atoms with Gasteiger partial charge in [-0.1, -0.05) is 12.1 Å². The average molecular weight is 509 g/mol. The lowest BCUT2D eigenvalue weighted by Crippen LogP contribution is -2.04. The molecule has 0 bridgehead atoms. The summed E-state index contributed by atoms with van der Waals surface area (Å²) in [4.78, 5) is 38.0. The molecule has 4 aromatic heterocycles. The maximum atomic E-state index is 11.2. The highest BCUT2D eigenvalue weighted by molar-refractivity contribution is 5.89. The molecule has 0 saturated carbocycles. The zero-order valence-corrected chi connectivity index (χ0v) is 20.2. The summed E-state index contributed by atoms with van der Waals surface area (Å²) < 4.78 is 4.60. The molecule has 0 radical (unpaired) electrons. The number of esters is 1. The number of pyridine rings is 4. The Kier molecular flexibility index (Phi) is 11.3. The van der Waals surface area contributed by atoms with Crippen LogP contribution in [0.3, 0.4) is 0 Å². The first-order valence-electron chi connectivity index (χ1n) is 10.5. The van der Waals surface area contributed by atoms with Crippen molar-refractivity contribution < 1.29 is 19.4 Å². The summed E-state index contributed by atoms with van der Waals surface area (Å²) in [6.07, 6.45) is 9.80. The van der Waals surface area contributed by atoms with Crippen LogP contribution in [0.15, 0.2) is 85.7 Å². The molecule has 10 nitrogen and oxygen atoms in total. The number of carbonyl (C=O) groups is 2. The summed E-state index contributed by atoms with van der Waals surface area (Å²) in [6, 6.07) is 14.2. The van der Waals surface area contributed by atoms with Gasteiger partial charge in [0.25, 0.3) is 0 Å². The van der Waals surface area contributed by atoms with Crippen LogP contribution in [0.25, 0.3) is 0 Å². The van der Waals surface area contributed by atoms with Crippen molar-refractivity contribution in [3.8, 4) is 0 Å². The number of carboxylic acids is 1. The molecule has 4 aromatic rings. The molecule has 0 aliphatic heterocycles. The van der Waals surface area contributed by atoms with E-state index in [1.807, 2.05) is 24.3 Å². The molecule has 0 fully saturated rings. The number of ether oxygens (including phenoxy) is 1. The van der Waals surface area contributed by atoms with Gasteiger partial charge in [-0.25, -0.2) is 19.6 Å². The third-order valence-corrected chi connectivity index (χ3v) is 4.59. The monoisotopic (exact) mass is 508 g/mol. The molecule has 0 unspecified atom stereocenters. The first kappa shape index (κ1) is 27.7. The lowest BCUT2D eigenvalue weighted by atomic mass is 10.2. The fourth-order valence-electron chi connectivity index (χ4n) is 2.75. The number of aromatic nitrogens is 4. The second-order valence-corrected chi connectivity index (χ2v) is 7.09. The minimum absolute atomic E-state index is 0. The van der Waals surface area contributed by atoms with Crippen molar-refractivity contribution in [3.63, 3.8) is 0 Å². The lowest BCUT2D eigenvalue weighted by Gasteiger charge is -2.05. The van der Waals surface area contributed by atoms with E-state index in [1.165, 1.54) is 25.6 Å². The maximum absolute atomic E-state index is 11.2. The van der Waals surface area contributed by atoms with Crippen LogP contribution >= 0.6 is 12.4 Å². The molecule has 0 amide bonds.